The van der Waals surface area contributed by atoms with E-state index in [0.717, 1.165) is 12.8 Å². The number of hydrogen-bond acceptors (Lipinski definition) is 3. The van der Waals surface area contributed by atoms with Crippen molar-refractivity contribution in [2.75, 3.05) is 19.7 Å². The maximum atomic E-state index is 12.0. The molecule has 1 fully saturated rings. The molecule has 0 spiro atoms. The fraction of sp³-hybridized carbons (Fsp3) is 0.462. The number of nitrogens with zero attached hydrogens (tertiary/aromatic N) is 1. The van der Waals surface area contributed by atoms with Crippen LogP contribution in [0.5, 0.6) is 0 Å². The molecule has 0 unspecified atom stereocenters. The summed E-state index contributed by atoms with van der Waals surface area (Å²) >= 11 is 5.86. The Kier molecular flexibility index (Phi) is 4.15. The number of halogens is 1. The van der Waals surface area contributed by atoms with Gasteiger partial charge < -0.3 is 5.11 Å². The van der Waals surface area contributed by atoms with Crippen LogP contribution in [0.25, 0.3) is 0 Å². The summed E-state index contributed by atoms with van der Waals surface area (Å²) in [6, 6.07) is 7.48. The van der Waals surface area contributed by atoms with E-state index in [0.29, 0.717) is 29.7 Å². The van der Waals surface area contributed by atoms with E-state index in [1.54, 1.807) is 24.3 Å². The van der Waals surface area contributed by atoms with Gasteiger partial charge in [0.1, 0.15) is 0 Å². The van der Waals surface area contributed by atoms with Crippen LogP contribution in [0.2, 0.25) is 5.02 Å². The maximum absolute atomic E-state index is 12.0. The van der Waals surface area contributed by atoms with E-state index in [1.165, 1.54) is 0 Å². The van der Waals surface area contributed by atoms with Gasteiger partial charge >= 0.3 is 0 Å². The van der Waals surface area contributed by atoms with Crippen LogP contribution in [0, 0.1) is 0 Å². The molecule has 1 aromatic rings. The molecule has 0 amide bonds. The Balaban J connectivity index is 1.99. The largest absolute Gasteiger partial charge is 0.395 e. The van der Waals surface area contributed by atoms with E-state index in [2.05, 4.69) is 0 Å². The number of aliphatic hydroxyl groups excluding tert-OH is 1. The van der Waals surface area contributed by atoms with Crippen LogP contribution in [-0.4, -0.2) is 41.5 Å². The summed E-state index contributed by atoms with van der Waals surface area (Å²) in [7, 11) is 0. The molecule has 0 aromatic heterocycles. The van der Waals surface area contributed by atoms with E-state index in [-0.39, 0.29) is 12.4 Å². The highest BCUT2D eigenvalue weighted by molar-refractivity contribution is 6.31. The molecular weight excluding hydrogens is 238 g/mol. The highest BCUT2D eigenvalue weighted by atomic mass is 35.5. The van der Waals surface area contributed by atoms with E-state index >= 15 is 0 Å². The van der Waals surface area contributed by atoms with Gasteiger partial charge in [0.15, 0.2) is 5.78 Å². The smallest absolute Gasteiger partial charge is 0.176 e. The second kappa shape index (κ2) is 5.63. The van der Waals surface area contributed by atoms with Crippen LogP contribution in [-0.2, 0) is 0 Å². The molecule has 0 bridgehead atoms. The molecule has 1 N–H and O–H groups in total. The average molecular weight is 254 g/mol. The Hall–Kier alpha value is -0.900. The summed E-state index contributed by atoms with van der Waals surface area (Å²) < 4.78 is 0. The van der Waals surface area contributed by atoms with E-state index < -0.39 is 0 Å². The predicted octanol–water partition coefficient (Wildman–Crippen LogP) is 1.98. The standard InChI is InChI=1S/C13H16ClNO2/c14-11-3-1-2-10(8-11)13(17)9-15(6-7-16)12-4-5-12/h1-3,8,12,16H,4-7,9H2. The van der Waals surface area contributed by atoms with Crippen LogP contribution < -0.4 is 0 Å². The number of carbonyl (C=O) groups excluding carboxylic acids is 1. The Bertz CT molecular complexity index is 404. The van der Waals surface area contributed by atoms with Crippen LogP contribution >= 0.6 is 11.6 Å². The quantitative estimate of drug-likeness (QED) is 0.789. The average Bonchev–Trinajstić information content (AvgIpc) is 3.12. The molecule has 1 aromatic carbocycles. The van der Waals surface area contributed by atoms with Crippen molar-refractivity contribution >= 4 is 17.4 Å². The lowest BCUT2D eigenvalue weighted by Gasteiger charge is -2.19. The van der Waals surface area contributed by atoms with Gasteiger partial charge in [0.2, 0.25) is 0 Å². The zero-order valence-corrected chi connectivity index (χ0v) is 10.4. The predicted molar refractivity (Wildman–Crippen MR) is 67.5 cm³/mol. The van der Waals surface area contributed by atoms with Crippen LogP contribution in [0.3, 0.4) is 0 Å². The minimum atomic E-state index is 0.0628. The molecule has 1 aliphatic rings. The first-order valence-corrected chi connectivity index (χ1v) is 6.22. The van der Waals surface area contributed by atoms with E-state index in [9.17, 15) is 4.79 Å². The number of hydrogen-bond donors (Lipinski definition) is 1. The van der Waals surface area contributed by atoms with Gasteiger partial charge in [-0.1, -0.05) is 23.7 Å². The van der Waals surface area contributed by atoms with E-state index in [1.807, 2.05) is 4.90 Å². The molecule has 4 heteroatoms. The van der Waals surface area contributed by atoms with Crippen molar-refractivity contribution < 1.29 is 9.90 Å². The van der Waals surface area contributed by atoms with Crippen molar-refractivity contribution in [3.05, 3.63) is 34.9 Å². The molecule has 3 nitrogen and oxygen atoms in total. The topological polar surface area (TPSA) is 40.5 Å². The summed E-state index contributed by atoms with van der Waals surface area (Å²) in [5.74, 6) is 0.0628. The molecule has 2 rings (SSSR count). The highest BCUT2D eigenvalue weighted by Crippen LogP contribution is 2.26. The van der Waals surface area contributed by atoms with Gasteiger partial charge in [0, 0.05) is 23.2 Å². The number of benzene rings is 1. The van der Waals surface area contributed by atoms with Gasteiger partial charge in [-0.05, 0) is 25.0 Å². The van der Waals surface area contributed by atoms with E-state index in [4.69, 9.17) is 16.7 Å². The third-order valence-corrected chi connectivity index (χ3v) is 3.18. The van der Waals surface area contributed by atoms with Crippen molar-refractivity contribution in [1.29, 1.82) is 0 Å². The van der Waals surface area contributed by atoms with Gasteiger partial charge in [-0.15, -0.1) is 0 Å². The monoisotopic (exact) mass is 253 g/mol. The Morgan fingerprint density at radius 3 is 2.82 bits per heavy atom. The summed E-state index contributed by atoms with van der Waals surface area (Å²) in [6.45, 7) is 1.03. The molecule has 1 aliphatic carbocycles. The third kappa shape index (κ3) is 3.53. The lowest BCUT2D eigenvalue weighted by atomic mass is 10.1. The number of Topliss-reactive ketones (excluding diaryl/α,β-unsaturated/α-hetero) is 1. The first-order chi connectivity index (χ1) is 8.20. The summed E-state index contributed by atoms with van der Waals surface area (Å²) in [5.41, 5.74) is 0.640. The lowest BCUT2D eigenvalue weighted by Crippen LogP contribution is -2.34. The van der Waals surface area contributed by atoms with Crippen molar-refractivity contribution in [2.24, 2.45) is 0 Å². The Labute approximate surface area is 106 Å². The van der Waals surface area contributed by atoms with Crippen molar-refractivity contribution in [3.8, 4) is 0 Å². The number of ketones is 1. The highest BCUT2D eigenvalue weighted by Gasteiger charge is 2.29. The Morgan fingerprint density at radius 1 is 1.47 bits per heavy atom. The van der Waals surface area contributed by atoms with Crippen LogP contribution in [0.1, 0.15) is 23.2 Å². The van der Waals surface area contributed by atoms with Gasteiger partial charge in [-0.3, -0.25) is 9.69 Å². The lowest BCUT2D eigenvalue weighted by molar-refractivity contribution is 0.0907. The zero-order valence-electron chi connectivity index (χ0n) is 9.60. The van der Waals surface area contributed by atoms with Gasteiger partial charge in [-0.25, -0.2) is 0 Å². The summed E-state index contributed by atoms with van der Waals surface area (Å²) in [4.78, 5) is 14.1. The maximum Gasteiger partial charge on any atom is 0.176 e. The fourth-order valence-corrected chi connectivity index (χ4v) is 2.09. The molecule has 0 atom stereocenters. The normalized spacial score (nSPS) is 15.2. The molecular formula is C13H16ClNO2. The molecule has 0 aliphatic heterocycles. The first kappa shape index (κ1) is 12.6. The second-order valence-corrected chi connectivity index (χ2v) is 4.80. The number of rotatable bonds is 6. The first-order valence-electron chi connectivity index (χ1n) is 5.84. The van der Waals surface area contributed by atoms with Crippen molar-refractivity contribution in [1.82, 2.24) is 4.90 Å². The number of aliphatic hydroxyl groups is 1. The summed E-state index contributed by atoms with van der Waals surface area (Å²) in [6.07, 6.45) is 2.26. The van der Waals surface area contributed by atoms with Crippen LogP contribution in [0.4, 0.5) is 0 Å². The Morgan fingerprint density at radius 2 is 2.24 bits per heavy atom. The number of carbonyl (C=O) groups is 1. The molecule has 1 saturated carbocycles. The van der Waals surface area contributed by atoms with Crippen molar-refractivity contribution in [3.63, 3.8) is 0 Å². The van der Waals surface area contributed by atoms with Crippen LogP contribution in [0.15, 0.2) is 24.3 Å². The zero-order chi connectivity index (χ0) is 12.3. The molecule has 0 saturated heterocycles. The molecule has 0 radical (unpaired) electrons. The van der Waals surface area contributed by atoms with Crippen molar-refractivity contribution in [2.45, 2.75) is 18.9 Å². The molecule has 0 heterocycles. The minimum Gasteiger partial charge on any atom is -0.395 e. The summed E-state index contributed by atoms with van der Waals surface area (Å²) in [5, 5.41) is 9.55. The van der Waals surface area contributed by atoms with Gasteiger partial charge in [-0.2, -0.15) is 0 Å². The minimum absolute atomic E-state index is 0.0628. The second-order valence-electron chi connectivity index (χ2n) is 4.36. The molecule has 92 valence electrons. The van der Waals surface area contributed by atoms with Gasteiger partial charge in [0.05, 0.1) is 13.2 Å². The SMILES string of the molecule is O=C(CN(CCO)C1CC1)c1cccc(Cl)c1. The fourth-order valence-electron chi connectivity index (χ4n) is 1.90. The van der Waals surface area contributed by atoms with Gasteiger partial charge in [0.25, 0.3) is 0 Å². The third-order valence-electron chi connectivity index (χ3n) is 2.94. The molecule has 17 heavy (non-hydrogen) atoms.